The van der Waals surface area contributed by atoms with Crippen LogP contribution < -0.4 is 10.1 Å². The van der Waals surface area contributed by atoms with Gasteiger partial charge in [-0.25, -0.2) is 0 Å². The summed E-state index contributed by atoms with van der Waals surface area (Å²) in [6, 6.07) is 11.1. The molecule has 0 atom stereocenters. The van der Waals surface area contributed by atoms with Gasteiger partial charge in [-0.15, -0.1) is 0 Å². The molecule has 0 saturated heterocycles. The molecule has 0 aliphatic heterocycles. The number of nitrogens with one attached hydrogen (secondary N) is 1. The van der Waals surface area contributed by atoms with E-state index in [4.69, 9.17) is 9.15 Å². The van der Waals surface area contributed by atoms with Crippen molar-refractivity contribution in [3.63, 3.8) is 0 Å². The Balaban J connectivity index is 1.74. The predicted molar refractivity (Wildman–Crippen MR) is 104 cm³/mol. The van der Waals surface area contributed by atoms with E-state index >= 15 is 0 Å². The van der Waals surface area contributed by atoms with Crippen LogP contribution in [0, 0.1) is 35.3 Å². The highest BCUT2D eigenvalue weighted by Gasteiger charge is 2.20. The first-order valence-corrected chi connectivity index (χ1v) is 8.70. The van der Waals surface area contributed by atoms with Crippen LogP contribution in [0.5, 0.6) is 5.75 Å². The molecule has 0 saturated carbocycles. The van der Waals surface area contributed by atoms with Crippen molar-refractivity contribution < 1.29 is 18.9 Å². The van der Waals surface area contributed by atoms with Gasteiger partial charge in [0.15, 0.2) is 6.61 Å². The maximum absolute atomic E-state index is 12.4. The summed E-state index contributed by atoms with van der Waals surface area (Å²) in [4.78, 5) is 22.6. The van der Waals surface area contributed by atoms with Gasteiger partial charge in [-0.2, -0.15) is 5.26 Å². The number of nitriles is 1. The lowest BCUT2D eigenvalue weighted by Crippen LogP contribution is -2.22. The Morgan fingerprint density at radius 3 is 2.62 bits per heavy atom. The molecule has 0 bridgehead atoms. The molecule has 9 nitrogen and oxygen atoms in total. The van der Waals surface area contributed by atoms with Crippen molar-refractivity contribution in [2.75, 3.05) is 11.9 Å². The van der Waals surface area contributed by atoms with Gasteiger partial charge < -0.3 is 19.0 Å². The lowest BCUT2D eigenvalue weighted by molar-refractivity contribution is -0.384. The third-order valence-corrected chi connectivity index (χ3v) is 4.51. The van der Waals surface area contributed by atoms with Crippen molar-refractivity contribution in [2.24, 2.45) is 0 Å². The largest absolute Gasteiger partial charge is 0.484 e. The zero-order valence-electron chi connectivity index (χ0n) is 15.8. The number of hydrogen-bond acceptors (Lipinski definition) is 6. The van der Waals surface area contributed by atoms with Crippen LogP contribution in [-0.2, 0) is 11.3 Å². The Kier molecular flexibility index (Phi) is 5.64. The van der Waals surface area contributed by atoms with Crippen molar-refractivity contribution in [1.82, 2.24) is 4.57 Å². The van der Waals surface area contributed by atoms with Gasteiger partial charge in [0.25, 0.3) is 11.6 Å². The van der Waals surface area contributed by atoms with Crippen LogP contribution in [0.15, 0.2) is 47.1 Å². The molecule has 0 fully saturated rings. The van der Waals surface area contributed by atoms with E-state index in [-0.39, 0.29) is 12.3 Å². The first kappa shape index (κ1) is 19.7. The van der Waals surface area contributed by atoms with Crippen molar-refractivity contribution in [1.29, 1.82) is 5.26 Å². The van der Waals surface area contributed by atoms with E-state index in [1.165, 1.54) is 24.3 Å². The number of aromatic nitrogens is 1. The lowest BCUT2D eigenvalue weighted by atomic mass is 10.2. The molecule has 2 heterocycles. The van der Waals surface area contributed by atoms with Crippen LogP contribution in [-0.4, -0.2) is 22.0 Å². The number of ether oxygens (including phenoxy) is 1. The van der Waals surface area contributed by atoms with E-state index in [0.717, 1.165) is 11.3 Å². The molecule has 0 aliphatic rings. The van der Waals surface area contributed by atoms with E-state index < -0.39 is 10.8 Å². The van der Waals surface area contributed by atoms with E-state index in [1.54, 1.807) is 16.9 Å². The molecule has 29 heavy (non-hydrogen) atoms. The van der Waals surface area contributed by atoms with Gasteiger partial charge in [0.1, 0.15) is 23.4 Å². The molecule has 0 radical (unpaired) electrons. The number of carbonyl (C=O) groups is 1. The Labute approximate surface area is 166 Å². The molecule has 148 valence electrons. The topological polar surface area (TPSA) is 123 Å². The van der Waals surface area contributed by atoms with E-state index in [0.29, 0.717) is 29.4 Å². The number of furan rings is 1. The quantitative estimate of drug-likeness (QED) is 0.483. The molecular formula is C20H18N4O5. The maximum atomic E-state index is 12.4. The number of nitro benzene ring substituents is 1. The van der Waals surface area contributed by atoms with Gasteiger partial charge in [-0.05, 0) is 43.7 Å². The van der Waals surface area contributed by atoms with E-state index in [1.807, 2.05) is 19.9 Å². The predicted octanol–water partition coefficient (Wildman–Crippen LogP) is 3.54. The average Bonchev–Trinajstić information content (AvgIpc) is 3.30. The summed E-state index contributed by atoms with van der Waals surface area (Å²) in [5.41, 5.74) is 1.91. The summed E-state index contributed by atoms with van der Waals surface area (Å²) in [6.45, 7) is 3.73. The van der Waals surface area contributed by atoms with Gasteiger partial charge in [0, 0.05) is 17.8 Å². The molecule has 1 aromatic carbocycles. The Morgan fingerprint density at radius 1 is 1.31 bits per heavy atom. The second-order valence-electron chi connectivity index (χ2n) is 6.30. The zero-order valence-corrected chi connectivity index (χ0v) is 15.8. The van der Waals surface area contributed by atoms with Crippen LogP contribution in [0.25, 0.3) is 0 Å². The summed E-state index contributed by atoms with van der Waals surface area (Å²) in [6.07, 6.45) is 1.56. The number of nitrogens with zero attached hydrogens (tertiary/aromatic N) is 3. The van der Waals surface area contributed by atoms with Crippen LogP contribution in [0.1, 0.15) is 22.6 Å². The van der Waals surface area contributed by atoms with Crippen LogP contribution >= 0.6 is 0 Å². The van der Waals surface area contributed by atoms with E-state index in [2.05, 4.69) is 11.4 Å². The van der Waals surface area contributed by atoms with Crippen molar-refractivity contribution in [2.45, 2.75) is 20.4 Å². The number of amides is 1. The van der Waals surface area contributed by atoms with Crippen LogP contribution in [0.3, 0.4) is 0 Å². The smallest absolute Gasteiger partial charge is 0.269 e. The number of hydrogen-bond donors (Lipinski definition) is 1. The number of non-ortho nitro benzene ring substituents is 1. The lowest BCUT2D eigenvalue weighted by Gasteiger charge is -2.12. The molecule has 1 N–H and O–H groups in total. The van der Waals surface area contributed by atoms with Gasteiger partial charge >= 0.3 is 0 Å². The fraction of sp³-hybridized carbons (Fsp3) is 0.200. The second kappa shape index (κ2) is 8.31. The maximum Gasteiger partial charge on any atom is 0.269 e. The fourth-order valence-electron chi connectivity index (χ4n) is 2.87. The van der Waals surface area contributed by atoms with Gasteiger partial charge in [-0.1, -0.05) is 0 Å². The summed E-state index contributed by atoms with van der Waals surface area (Å²) in [7, 11) is 0. The van der Waals surface area contributed by atoms with Gasteiger partial charge in [0.2, 0.25) is 0 Å². The third-order valence-electron chi connectivity index (χ3n) is 4.51. The normalized spacial score (nSPS) is 10.4. The van der Waals surface area contributed by atoms with Crippen LogP contribution in [0.4, 0.5) is 11.5 Å². The highest BCUT2D eigenvalue weighted by molar-refractivity contribution is 5.93. The molecule has 3 aromatic rings. The van der Waals surface area contributed by atoms with Crippen molar-refractivity contribution in [3.8, 4) is 11.8 Å². The number of nitro groups is 1. The Hall–Kier alpha value is -4.06. The van der Waals surface area contributed by atoms with Gasteiger partial charge in [0.05, 0.1) is 23.3 Å². The first-order valence-electron chi connectivity index (χ1n) is 8.70. The third kappa shape index (κ3) is 4.27. The minimum atomic E-state index is -0.516. The summed E-state index contributed by atoms with van der Waals surface area (Å²) in [5.74, 6) is 0.920. The number of carbonyl (C=O) groups excluding carboxylic acids is 1. The monoisotopic (exact) mass is 394 g/mol. The van der Waals surface area contributed by atoms with Crippen molar-refractivity contribution >= 4 is 17.4 Å². The van der Waals surface area contributed by atoms with Crippen molar-refractivity contribution in [3.05, 3.63) is 75.4 Å². The highest BCUT2D eigenvalue weighted by atomic mass is 16.6. The average molecular weight is 394 g/mol. The van der Waals surface area contributed by atoms with Gasteiger partial charge in [-0.3, -0.25) is 14.9 Å². The molecule has 0 spiro atoms. The first-order chi connectivity index (χ1) is 13.9. The standard InChI is InChI=1S/C20H18N4O5/c1-13-14(2)23(11-17-4-3-9-28-17)20(18(13)10-21)22-19(25)12-29-16-7-5-15(6-8-16)24(26)27/h3-9H,11-12H2,1-2H3,(H,22,25). The number of benzene rings is 1. The minimum Gasteiger partial charge on any atom is -0.484 e. The molecule has 9 heteroatoms. The zero-order chi connectivity index (χ0) is 21.0. The SMILES string of the molecule is Cc1c(C#N)c(NC(=O)COc2ccc([N+](=O)[O-])cc2)n(Cc2ccco2)c1C. The molecule has 3 rings (SSSR count). The number of rotatable bonds is 7. The fourth-order valence-corrected chi connectivity index (χ4v) is 2.87. The van der Waals surface area contributed by atoms with E-state index in [9.17, 15) is 20.2 Å². The second-order valence-corrected chi connectivity index (χ2v) is 6.30. The summed E-state index contributed by atoms with van der Waals surface area (Å²) >= 11 is 0. The molecule has 1 amide bonds. The van der Waals surface area contributed by atoms with Crippen LogP contribution in [0.2, 0.25) is 0 Å². The molecule has 0 unspecified atom stereocenters. The molecular weight excluding hydrogens is 376 g/mol. The Morgan fingerprint density at radius 2 is 2.03 bits per heavy atom. The molecule has 0 aliphatic carbocycles. The summed E-state index contributed by atoms with van der Waals surface area (Å²) < 4.78 is 12.6. The Bertz CT molecular complexity index is 1080. The highest BCUT2D eigenvalue weighted by Crippen LogP contribution is 2.27. The molecule has 2 aromatic heterocycles. The number of anilines is 1. The minimum absolute atomic E-state index is 0.0674. The summed E-state index contributed by atoms with van der Waals surface area (Å²) in [5, 5.41) is 22.9.